The Morgan fingerprint density at radius 2 is 1.79 bits per heavy atom. The molecule has 140 valence electrons. The zero-order valence-corrected chi connectivity index (χ0v) is 16.4. The van der Waals surface area contributed by atoms with Crippen LogP contribution in [0.5, 0.6) is 0 Å². The van der Waals surface area contributed by atoms with Gasteiger partial charge in [-0.05, 0) is 62.4 Å². The molecule has 2 aromatic heterocycles. The number of aryl methyl sites for hydroxylation is 2. The summed E-state index contributed by atoms with van der Waals surface area (Å²) in [6.45, 7) is 6.13. The van der Waals surface area contributed by atoms with Gasteiger partial charge in [-0.15, -0.1) is 0 Å². The first-order valence-corrected chi connectivity index (χ1v) is 10.0. The van der Waals surface area contributed by atoms with Crippen molar-refractivity contribution < 1.29 is 7.16 Å². The molecule has 0 spiro atoms. The smallest absolute Gasteiger partial charge is 0.227 e. The molecule has 1 aliphatic carbocycles. The zero-order chi connectivity index (χ0) is 20.8. The van der Waals surface area contributed by atoms with Crippen LogP contribution in [0.3, 0.4) is 0 Å². The number of fused-ring (bicyclic) bond motifs is 5. The summed E-state index contributed by atoms with van der Waals surface area (Å²) in [5.74, 6) is -0.741. The van der Waals surface area contributed by atoms with Crippen molar-refractivity contribution in [3.05, 3.63) is 70.9 Å². The lowest BCUT2D eigenvalue weighted by atomic mass is 9.70. The number of benzene rings is 2. The van der Waals surface area contributed by atoms with E-state index in [0.717, 1.165) is 44.4 Å². The van der Waals surface area contributed by atoms with Crippen LogP contribution in [0.15, 0.2) is 52.9 Å². The number of piperidine rings is 1. The van der Waals surface area contributed by atoms with E-state index in [-0.39, 0.29) is 6.04 Å². The summed E-state index contributed by atoms with van der Waals surface area (Å²) in [6, 6.07) is 15.3. The summed E-state index contributed by atoms with van der Waals surface area (Å²) in [4.78, 5) is 6.75. The van der Waals surface area contributed by atoms with E-state index in [9.17, 15) is 2.74 Å². The molecule has 2 aliphatic heterocycles. The van der Waals surface area contributed by atoms with Crippen LogP contribution in [-0.2, 0) is 0 Å². The monoisotopic (exact) mass is 370 g/mol. The van der Waals surface area contributed by atoms with E-state index in [1.165, 1.54) is 0 Å². The third-order valence-electron chi connectivity index (χ3n) is 6.46. The zero-order valence-electron chi connectivity index (χ0n) is 18.4. The summed E-state index contributed by atoms with van der Waals surface area (Å²) in [5.41, 5.74) is 6.26. The lowest BCUT2D eigenvalue weighted by molar-refractivity contribution is 0.324. The molecule has 3 atom stereocenters. The summed E-state index contributed by atoms with van der Waals surface area (Å²) in [7, 11) is 0. The fourth-order valence-electron chi connectivity index (χ4n) is 5.14. The predicted octanol–water partition coefficient (Wildman–Crippen LogP) is 6.43. The van der Waals surface area contributed by atoms with Crippen molar-refractivity contribution in [3.8, 4) is 0 Å². The standard InChI is InChI=1S/C25H24N2O/c1-14-8-10-20-21-11-9-15(2)26-25(21)28-24(20)23(14)27-16(3)17-12-13-22(27)19-7-5-4-6-18(17)19/h4-11,16-17,22H,12-13H2,1-3H3/i17D,22D. The van der Waals surface area contributed by atoms with Gasteiger partial charge in [-0.3, -0.25) is 0 Å². The number of pyridine rings is 1. The minimum absolute atomic E-state index is 0.147. The molecule has 0 amide bonds. The number of rotatable bonds is 1. The fourth-order valence-corrected chi connectivity index (χ4v) is 5.14. The Balaban J connectivity index is 1.69. The van der Waals surface area contributed by atoms with Gasteiger partial charge >= 0.3 is 0 Å². The van der Waals surface area contributed by atoms with Crippen molar-refractivity contribution in [2.24, 2.45) is 0 Å². The van der Waals surface area contributed by atoms with Gasteiger partial charge in [0.2, 0.25) is 5.71 Å². The SMILES string of the molecule is [2H]C12CCC([2H])(c3ccccc31)N(c1c(C)ccc3c1oc1nc(C)ccc13)C2C. The highest BCUT2D eigenvalue weighted by Gasteiger charge is 2.44. The van der Waals surface area contributed by atoms with Crippen LogP contribution < -0.4 is 4.90 Å². The van der Waals surface area contributed by atoms with Crippen LogP contribution in [0.25, 0.3) is 22.1 Å². The molecule has 2 aromatic carbocycles. The van der Waals surface area contributed by atoms with E-state index in [1.54, 1.807) is 0 Å². The lowest BCUT2D eigenvalue weighted by Gasteiger charge is -2.52. The van der Waals surface area contributed by atoms with Gasteiger partial charge in [0.05, 0.1) is 13.1 Å². The average molecular weight is 370 g/mol. The van der Waals surface area contributed by atoms with Crippen molar-refractivity contribution in [1.82, 2.24) is 4.98 Å². The second-order valence-electron chi connectivity index (χ2n) is 8.08. The Hall–Kier alpha value is -2.81. The minimum atomic E-state index is -0.916. The minimum Gasteiger partial charge on any atom is -0.436 e. The van der Waals surface area contributed by atoms with Gasteiger partial charge in [0.15, 0.2) is 5.58 Å². The van der Waals surface area contributed by atoms with Crippen molar-refractivity contribution in [2.75, 3.05) is 4.90 Å². The largest absolute Gasteiger partial charge is 0.436 e. The van der Waals surface area contributed by atoms with E-state index in [2.05, 4.69) is 41.9 Å². The van der Waals surface area contributed by atoms with Crippen LogP contribution >= 0.6 is 0 Å². The van der Waals surface area contributed by atoms with Crippen LogP contribution in [0.4, 0.5) is 5.69 Å². The summed E-state index contributed by atoms with van der Waals surface area (Å²) >= 11 is 0. The molecule has 0 saturated carbocycles. The Bertz CT molecular complexity index is 1350. The van der Waals surface area contributed by atoms with Crippen molar-refractivity contribution in [2.45, 2.75) is 51.6 Å². The third-order valence-corrected chi connectivity index (χ3v) is 6.46. The molecule has 3 heteroatoms. The Kier molecular flexibility index (Phi) is 2.85. The second-order valence-corrected chi connectivity index (χ2v) is 8.08. The van der Waals surface area contributed by atoms with Gasteiger partial charge < -0.3 is 9.32 Å². The molecule has 1 saturated heterocycles. The maximum atomic E-state index is 9.63. The molecule has 0 radical (unpaired) electrons. The second kappa shape index (κ2) is 5.60. The number of hydrogen-bond acceptors (Lipinski definition) is 3. The highest BCUT2D eigenvalue weighted by Crippen LogP contribution is 2.53. The molecular formula is C25H24N2O. The number of nitrogens with zero attached hydrogens (tertiary/aromatic N) is 2. The van der Waals surface area contributed by atoms with Crippen LogP contribution in [0, 0.1) is 13.8 Å². The van der Waals surface area contributed by atoms with Crippen LogP contribution in [-0.4, -0.2) is 11.0 Å². The normalized spacial score (nSPS) is 29.8. The van der Waals surface area contributed by atoms with E-state index in [1.807, 2.05) is 37.3 Å². The molecular weight excluding hydrogens is 344 g/mol. The van der Waals surface area contributed by atoms with Crippen LogP contribution in [0.2, 0.25) is 0 Å². The number of anilines is 1. The maximum absolute atomic E-state index is 9.63. The summed E-state index contributed by atoms with van der Waals surface area (Å²) < 4.78 is 25.4. The van der Waals surface area contributed by atoms with Gasteiger partial charge in [-0.2, -0.15) is 0 Å². The van der Waals surface area contributed by atoms with Gasteiger partial charge in [0.25, 0.3) is 0 Å². The highest BCUT2D eigenvalue weighted by atomic mass is 16.3. The van der Waals surface area contributed by atoms with Crippen LogP contribution in [0.1, 0.15) is 56.8 Å². The van der Waals surface area contributed by atoms with E-state index < -0.39 is 11.9 Å². The molecule has 2 bridgehead atoms. The van der Waals surface area contributed by atoms with Gasteiger partial charge in [-0.1, -0.05) is 36.4 Å². The maximum Gasteiger partial charge on any atom is 0.227 e. The topological polar surface area (TPSA) is 29.3 Å². The van der Waals surface area contributed by atoms with Gasteiger partial charge in [0.1, 0.15) is 0 Å². The average Bonchev–Trinajstić information content (AvgIpc) is 3.09. The van der Waals surface area contributed by atoms with Gasteiger partial charge in [-0.25, -0.2) is 4.98 Å². The van der Waals surface area contributed by atoms with E-state index in [4.69, 9.17) is 4.42 Å². The molecule has 3 unspecified atom stereocenters. The molecule has 3 nitrogen and oxygen atoms in total. The fraction of sp³-hybridized carbons (Fsp3) is 0.320. The summed E-state index contributed by atoms with van der Waals surface area (Å²) in [5, 5.41) is 2.01. The Labute approximate surface area is 167 Å². The first-order valence-electron chi connectivity index (χ1n) is 11.0. The van der Waals surface area contributed by atoms with Crippen molar-refractivity contribution in [1.29, 1.82) is 0 Å². The number of hydrogen-bond donors (Lipinski definition) is 0. The first kappa shape index (κ1) is 14.2. The molecule has 28 heavy (non-hydrogen) atoms. The molecule has 0 N–H and O–H groups in total. The van der Waals surface area contributed by atoms with Crippen molar-refractivity contribution >= 4 is 27.8 Å². The third kappa shape index (κ3) is 2.02. The van der Waals surface area contributed by atoms with Gasteiger partial charge in [0, 0.05) is 29.8 Å². The first-order chi connectivity index (χ1) is 14.3. The Morgan fingerprint density at radius 3 is 2.64 bits per heavy atom. The van der Waals surface area contributed by atoms with E-state index >= 15 is 0 Å². The number of furan rings is 1. The molecule has 1 fully saturated rings. The lowest BCUT2D eigenvalue weighted by Crippen LogP contribution is -2.49. The van der Waals surface area contributed by atoms with Crippen molar-refractivity contribution in [3.63, 3.8) is 0 Å². The Morgan fingerprint density at radius 1 is 1.00 bits per heavy atom. The molecule has 3 aliphatic rings. The molecule has 4 heterocycles. The van der Waals surface area contributed by atoms with E-state index in [0.29, 0.717) is 18.6 Å². The quantitative estimate of drug-likeness (QED) is 0.387. The number of aromatic nitrogens is 1. The molecule has 4 aromatic rings. The molecule has 7 rings (SSSR count). The highest BCUT2D eigenvalue weighted by molar-refractivity contribution is 6.08. The predicted molar refractivity (Wildman–Crippen MR) is 114 cm³/mol. The summed E-state index contributed by atoms with van der Waals surface area (Å²) in [6.07, 6.45) is 1.33.